The van der Waals surface area contributed by atoms with Crippen LogP contribution in [0.1, 0.15) is 44.2 Å². The summed E-state index contributed by atoms with van der Waals surface area (Å²) in [5.74, 6) is 0.954. The fraction of sp³-hybridized carbons (Fsp3) is 0.550. The van der Waals surface area contributed by atoms with Crippen molar-refractivity contribution in [3.8, 4) is 0 Å². The van der Waals surface area contributed by atoms with E-state index in [9.17, 15) is 9.59 Å². The second-order valence-electron chi connectivity index (χ2n) is 7.61. The molecular weight excluding hydrogens is 314 g/mol. The lowest BCUT2D eigenvalue weighted by atomic mass is 9.92. The van der Waals surface area contributed by atoms with Crippen LogP contribution in [-0.4, -0.2) is 47.1 Å². The molecule has 1 aromatic rings. The number of hydrogen-bond donors (Lipinski definition) is 0. The number of amides is 2. The van der Waals surface area contributed by atoms with E-state index in [1.807, 2.05) is 36.1 Å². The maximum Gasteiger partial charge on any atom is 0.244 e. The number of carbonyl (C=O) groups is 2. The van der Waals surface area contributed by atoms with Crippen molar-refractivity contribution in [3.63, 3.8) is 0 Å². The van der Waals surface area contributed by atoms with E-state index in [4.69, 9.17) is 0 Å². The summed E-state index contributed by atoms with van der Waals surface area (Å²) in [5.41, 5.74) is 3.10. The van der Waals surface area contributed by atoms with E-state index < -0.39 is 0 Å². The van der Waals surface area contributed by atoms with Gasteiger partial charge in [-0.3, -0.25) is 9.59 Å². The van der Waals surface area contributed by atoms with Crippen LogP contribution in [-0.2, 0) is 9.59 Å². The van der Waals surface area contributed by atoms with Crippen LogP contribution in [0.15, 0.2) is 29.4 Å². The third kappa shape index (κ3) is 4.27. The molecule has 0 saturated carbocycles. The van der Waals surface area contributed by atoms with Crippen LogP contribution in [0.2, 0.25) is 0 Å². The zero-order chi connectivity index (χ0) is 18.0. The van der Waals surface area contributed by atoms with Crippen molar-refractivity contribution in [3.05, 3.63) is 35.4 Å². The molecule has 2 aliphatic heterocycles. The Morgan fingerprint density at radius 1 is 1.12 bits per heavy atom. The highest BCUT2D eigenvalue weighted by atomic mass is 16.2. The molecule has 134 valence electrons. The van der Waals surface area contributed by atoms with E-state index in [1.165, 1.54) is 10.6 Å². The quantitative estimate of drug-likeness (QED) is 0.849. The van der Waals surface area contributed by atoms with Crippen molar-refractivity contribution in [2.75, 3.05) is 19.6 Å². The van der Waals surface area contributed by atoms with Gasteiger partial charge in [-0.25, -0.2) is 5.01 Å². The van der Waals surface area contributed by atoms with Crippen LogP contribution in [0.3, 0.4) is 0 Å². The zero-order valence-electron chi connectivity index (χ0n) is 15.4. The lowest BCUT2D eigenvalue weighted by molar-refractivity contribution is -0.142. The molecule has 0 aliphatic carbocycles. The number of nitrogens with zero attached hydrogens (tertiary/aromatic N) is 3. The largest absolute Gasteiger partial charge is 0.341 e. The van der Waals surface area contributed by atoms with E-state index in [2.05, 4.69) is 18.9 Å². The standard InChI is InChI=1S/C20H27N3O2/c1-14-4-6-17(7-5-14)18-8-9-19(24)23(21-18)13-20(25)22-11-15(2)10-16(3)12-22/h4-7,15-16H,8-13H2,1-3H3/t15-,16-/m1/s1. The summed E-state index contributed by atoms with van der Waals surface area (Å²) in [6, 6.07) is 8.14. The maximum absolute atomic E-state index is 12.7. The second-order valence-corrected chi connectivity index (χ2v) is 7.61. The number of likely N-dealkylation sites (tertiary alicyclic amines) is 1. The van der Waals surface area contributed by atoms with Crippen molar-refractivity contribution in [2.24, 2.45) is 16.9 Å². The van der Waals surface area contributed by atoms with Gasteiger partial charge >= 0.3 is 0 Å². The minimum absolute atomic E-state index is 0.000608. The van der Waals surface area contributed by atoms with Crippen LogP contribution >= 0.6 is 0 Å². The Kier molecular flexibility index (Phi) is 5.21. The first-order valence-electron chi connectivity index (χ1n) is 9.15. The van der Waals surface area contributed by atoms with Crippen molar-refractivity contribution < 1.29 is 9.59 Å². The molecule has 1 saturated heterocycles. The molecular formula is C20H27N3O2. The van der Waals surface area contributed by atoms with E-state index in [0.29, 0.717) is 24.7 Å². The van der Waals surface area contributed by atoms with E-state index in [0.717, 1.165) is 30.8 Å². The van der Waals surface area contributed by atoms with Gasteiger partial charge in [0, 0.05) is 25.9 Å². The summed E-state index contributed by atoms with van der Waals surface area (Å²) in [6.07, 6.45) is 2.19. The first-order valence-corrected chi connectivity index (χ1v) is 9.15. The Bertz CT molecular complexity index is 671. The molecule has 0 radical (unpaired) electrons. The Morgan fingerprint density at radius 3 is 2.40 bits per heavy atom. The normalized spacial score (nSPS) is 24.3. The van der Waals surface area contributed by atoms with Crippen LogP contribution in [0, 0.1) is 18.8 Å². The van der Waals surface area contributed by atoms with Gasteiger partial charge in [0.15, 0.2) is 0 Å². The van der Waals surface area contributed by atoms with Crippen molar-refractivity contribution in [1.82, 2.24) is 9.91 Å². The van der Waals surface area contributed by atoms with Gasteiger partial charge < -0.3 is 4.90 Å². The molecule has 0 spiro atoms. The van der Waals surface area contributed by atoms with Gasteiger partial charge in [0.1, 0.15) is 6.54 Å². The minimum atomic E-state index is -0.0673. The van der Waals surface area contributed by atoms with Gasteiger partial charge in [-0.05, 0) is 30.7 Å². The number of benzene rings is 1. The molecule has 2 heterocycles. The third-order valence-electron chi connectivity index (χ3n) is 5.00. The molecule has 5 nitrogen and oxygen atoms in total. The highest BCUT2D eigenvalue weighted by Gasteiger charge is 2.29. The maximum atomic E-state index is 12.7. The fourth-order valence-corrected chi connectivity index (χ4v) is 3.77. The molecule has 1 aromatic carbocycles. The average Bonchev–Trinajstić information content (AvgIpc) is 2.56. The van der Waals surface area contributed by atoms with Crippen LogP contribution in [0.25, 0.3) is 0 Å². The first kappa shape index (κ1) is 17.6. The molecule has 0 aromatic heterocycles. The molecule has 25 heavy (non-hydrogen) atoms. The van der Waals surface area contributed by atoms with Crippen LogP contribution in [0.4, 0.5) is 0 Å². The lowest BCUT2D eigenvalue weighted by Gasteiger charge is -2.36. The minimum Gasteiger partial charge on any atom is -0.341 e. The SMILES string of the molecule is Cc1ccc(C2=NN(CC(=O)N3C[C@H](C)C[C@@H](C)C3)C(=O)CC2)cc1. The molecule has 1 fully saturated rings. The van der Waals surface area contributed by atoms with Gasteiger partial charge in [0.2, 0.25) is 11.8 Å². The molecule has 5 heteroatoms. The van der Waals surface area contributed by atoms with Crippen LogP contribution in [0.5, 0.6) is 0 Å². The predicted molar refractivity (Wildman–Crippen MR) is 98.2 cm³/mol. The smallest absolute Gasteiger partial charge is 0.244 e. The summed E-state index contributed by atoms with van der Waals surface area (Å²) in [4.78, 5) is 26.8. The van der Waals surface area contributed by atoms with E-state index in [1.54, 1.807) is 0 Å². The van der Waals surface area contributed by atoms with Crippen molar-refractivity contribution in [1.29, 1.82) is 0 Å². The zero-order valence-corrected chi connectivity index (χ0v) is 15.4. The Labute approximate surface area is 149 Å². The molecule has 0 bridgehead atoms. The molecule has 0 unspecified atom stereocenters. The van der Waals surface area contributed by atoms with Gasteiger partial charge in [-0.1, -0.05) is 43.7 Å². The van der Waals surface area contributed by atoms with E-state index >= 15 is 0 Å². The van der Waals surface area contributed by atoms with Gasteiger partial charge in [-0.15, -0.1) is 0 Å². The summed E-state index contributed by atoms with van der Waals surface area (Å²) in [6.45, 7) is 8.00. The number of hydrazone groups is 1. The van der Waals surface area contributed by atoms with Gasteiger partial charge in [0.25, 0.3) is 0 Å². The average molecular weight is 341 g/mol. The summed E-state index contributed by atoms with van der Waals surface area (Å²) >= 11 is 0. The summed E-state index contributed by atoms with van der Waals surface area (Å²) < 4.78 is 0. The van der Waals surface area contributed by atoms with Crippen molar-refractivity contribution in [2.45, 2.75) is 40.0 Å². The number of piperidine rings is 1. The fourth-order valence-electron chi connectivity index (χ4n) is 3.77. The molecule has 2 aliphatic rings. The van der Waals surface area contributed by atoms with Crippen LogP contribution < -0.4 is 0 Å². The highest BCUT2D eigenvalue weighted by molar-refractivity contribution is 6.04. The number of carbonyl (C=O) groups excluding carboxylic acids is 2. The Hall–Kier alpha value is -2.17. The molecule has 2 atom stereocenters. The Morgan fingerprint density at radius 2 is 1.76 bits per heavy atom. The predicted octanol–water partition coefficient (Wildman–Crippen LogP) is 2.83. The summed E-state index contributed by atoms with van der Waals surface area (Å²) in [5, 5.41) is 5.85. The van der Waals surface area contributed by atoms with Gasteiger partial charge in [-0.2, -0.15) is 5.10 Å². The summed E-state index contributed by atoms with van der Waals surface area (Å²) in [7, 11) is 0. The third-order valence-corrected chi connectivity index (χ3v) is 5.00. The second kappa shape index (κ2) is 7.38. The Balaban J connectivity index is 1.71. The van der Waals surface area contributed by atoms with Crippen molar-refractivity contribution >= 4 is 17.5 Å². The molecule has 2 amide bonds. The number of rotatable bonds is 3. The number of hydrogen-bond acceptors (Lipinski definition) is 3. The number of aryl methyl sites for hydroxylation is 1. The monoisotopic (exact) mass is 341 g/mol. The van der Waals surface area contributed by atoms with E-state index in [-0.39, 0.29) is 18.4 Å². The molecule has 3 rings (SSSR count). The first-order chi connectivity index (χ1) is 11.9. The topological polar surface area (TPSA) is 53.0 Å². The lowest BCUT2D eigenvalue weighted by Crippen LogP contribution is -2.47. The van der Waals surface area contributed by atoms with Gasteiger partial charge in [0.05, 0.1) is 5.71 Å². The highest BCUT2D eigenvalue weighted by Crippen LogP contribution is 2.22. The molecule has 0 N–H and O–H groups in total.